The molecule has 1 fully saturated rings. The Balaban J connectivity index is 1.52. The van der Waals surface area contributed by atoms with Crippen LogP contribution in [0.5, 0.6) is 11.5 Å². The number of carbonyl (C=O) groups excluding carboxylic acids is 1. The van der Waals surface area contributed by atoms with Crippen LogP contribution in [-0.2, 0) is 11.4 Å². The van der Waals surface area contributed by atoms with Crippen molar-refractivity contribution in [2.75, 3.05) is 11.5 Å². The molecular formula is C25H20N2O5S2. The third-order valence-electron chi connectivity index (χ3n) is 4.91. The largest absolute Gasteiger partial charge is 0.490 e. The molecule has 0 spiro atoms. The first-order valence-corrected chi connectivity index (χ1v) is 11.6. The van der Waals surface area contributed by atoms with Gasteiger partial charge in [-0.15, -0.1) is 0 Å². The molecule has 4 rings (SSSR count). The molecule has 3 aromatic rings. The first kappa shape index (κ1) is 23.5. The molecule has 0 bridgehead atoms. The number of nitro groups is 1. The summed E-state index contributed by atoms with van der Waals surface area (Å²) >= 11 is 6.68. The second-order valence-corrected chi connectivity index (χ2v) is 8.88. The molecule has 0 radical (unpaired) electrons. The molecule has 0 aliphatic carbocycles. The van der Waals surface area contributed by atoms with Crippen LogP contribution in [0.4, 0.5) is 11.4 Å². The lowest BCUT2D eigenvalue weighted by Gasteiger charge is -2.14. The molecule has 0 N–H and O–H groups in total. The zero-order valence-electron chi connectivity index (χ0n) is 18.2. The molecule has 0 atom stereocenters. The molecule has 3 aromatic carbocycles. The van der Waals surface area contributed by atoms with Gasteiger partial charge in [0.1, 0.15) is 6.61 Å². The number of thiocarbonyl (C=S) groups is 1. The van der Waals surface area contributed by atoms with Crippen LogP contribution >= 0.6 is 24.0 Å². The molecule has 1 heterocycles. The third-order valence-corrected chi connectivity index (χ3v) is 6.22. The van der Waals surface area contributed by atoms with E-state index in [1.165, 1.54) is 28.8 Å². The van der Waals surface area contributed by atoms with Crippen molar-refractivity contribution in [3.8, 4) is 11.5 Å². The first-order valence-electron chi connectivity index (χ1n) is 10.4. The zero-order valence-corrected chi connectivity index (χ0v) is 19.8. The fourth-order valence-corrected chi connectivity index (χ4v) is 4.59. The van der Waals surface area contributed by atoms with E-state index in [9.17, 15) is 14.9 Å². The molecule has 0 aromatic heterocycles. The number of anilines is 1. The van der Waals surface area contributed by atoms with Gasteiger partial charge in [-0.25, -0.2) is 0 Å². The van der Waals surface area contributed by atoms with E-state index in [-0.39, 0.29) is 18.2 Å². The summed E-state index contributed by atoms with van der Waals surface area (Å²) in [5.74, 6) is 0.906. The van der Waals surface area contributed by atoms with Gasteiger partial charge in [-0.05, 0) is 60.5 Å². The highest BCUT2D eigenvalue weighted by Gasteiger charge is 2.33. The van der Waals surface area contributed by atoms with Crippen LogP contribution in [0.25, 0.3) is 6.08 Å². The number of benzene rings is 3. The second-order valence-electron chi connectivity index (χ2n) is 7.20. The van der Waals surface area contributed by atoms with Crippen LogP contribution < -0.4 is 14.4 Å². The molecule has 34 heavy (non-hydrogen) atoms. The average molecular weight is 493 g/mol. The van der Waals surface area contributed by atoms with E-state index in [2.05, 4.69) is 0 Å². The number of ether oxygens (including phenoxy) is 2. The Morgan fingerprint density at radius 1 is 1.03 bits per heavy atom. The van der Waals surface area contributed by atoms with E-state index >= 15 is 0 Å². The highest BCUT2D eigenvalue weighted by molar-refractivity contribution is 8.27. The Labute approximate surface area is 206 Å². The van der Waals surface area contributed by atoms with Crippen LogP contribution in [0.15, 0.2) is 77.7 Å². The fraction of sp³-hybridized carbons (Fsp3) is 0.120. The summed E-state index contributed by atoms with van der Waals surface area (Å²) < 4.78 is 12.1. The summed E-state index contributed by atoms with van der Waals surface area (Å²) in [6, 6.07) is 20.9. The van der Waals surface area contributed by atoms with Gasteiger partial charge in [0.2, 0.25) is 0 Å². The zero-order chi connectivity index (χ0) is 24.1. The molecule has 1 aliphatic heterocycles. The number of hydrogen-bond acceptors (Lipinski definition) is 7. The molecule has 7 nitrogen and oxygen atoms in total. The van der Waals surface area contributed by atoms with Crippen LogP contribution in [0.3, 0.4) is 0 Å². The number of non-ortho nitro benzene ring substituents is 1. The van der Waals surface area contributed by atoms with Crippen LogP contribution in [0, 0.1) is 10.1 Å². The third kappa shape index (κ3) is 5.27. The number of nitro benzene ring substituents is 1. The summed E-state index contributed by atoms with van der Waals surface area (Å²) in [5.41, 5.74) is 2.33. The van der Waals surface area contributed by atoms with Crippen molar-refractivity contribution in [1.82, 2.24) is 0 Å². The SMILES string of the molecule is CCOc1cc(C=C2SC(=S)N(c3ccccc3)C2=O)ccc1OCc1ccc([N+](=O)[O-])cc1. The lowest BCUT2D eigenvalue weighted by atomic mass is 10.1. The van der Waals surface area contributed by atoms with Crippen LogP contribution in [0.2, 0.25) is 0 Å². The Morgan fingerprint density at radius 3 is 2.44 bits per heavy atom. The first-order chi connectivity index (χ1) is 16.5. The molecule has 1 aliphatic rings. The van der Waals surface area contributed by atoms with Crippen molar-refractivity contribution in [2.45, 2.75) is 13.5 Å². The minimum Gasteiger partial charge on any atom is -0.490 e. The van der Waals surface area contributed by atoms with E-state index in [1.807, 2.05) is 49.4 Å². The molecule has 9 heteroatoms. The molecule has 1 saturated heterocycles. The van der Waals surface area contributed by atoms with E-state index in [1.54, 1.807) is 24.3 Å². The van der Waals surface area contributed by atoms with Gasteiger partial charge in [-0.2, -0.15) is 0 Å². The van der Waals surface area contributed by atoms with E-state index in [0.717, 1.165) is 16.8 Å². The maximum atomic E-state index is 13.0. The predicted molar refractivity (Wildman–Crippen MR) is 137 cm³/mol. The van der Waals surface area contributed by atoms with Gasteiger partial charge in [-0.3, -0.25) is 19.8 Å². The topological polar surface area (TPSA) is 81.9 Å². The van der Waals surface area contributed by atoms with Crippen molar-refractivity contribution in [1.29, 1.82) is 0 Å². The van der Waals surface area contributed by atoms with Gasteiger partial charge in [0.15, 0.2) is 15.8 Å². The quantitative estimate of drug-likeness (QED) is 0.166. The maximum Gasteiger partial charge on any atom is 0.270 e. The molecule has 172 valence electrons. The van der Waals surface area contributed by atoms with Gasteiger partial charge in [0, 0.05) is 12.1 Å². The molecule has 1 amide bonds. The smallest absolute Gasteiger partial charge is 0.270 e. The van der Waals surface area contributed by atoms with Gasteiger partial charge < -0.3 is 9.47 Å². The van der Waals surface area contributed by atoms with Crippen molar-refractivity contribution in [3.05, 3.63) is 98.9 Å². The monoisotopic (exact) mass is 492 g/mol. The van der Waals surface area contributed by atoms with Crippen molar-refractivity contribution in [3.63, 3.8) is 0 Å². The van der Waals surface area contributed by atoms with Gasteiger partial charge >= 0.3 is 0 Å². The number of hydrogen-bond donors (Lipinski definition) is 0. The van der Waals surface area contributed by atoms with Crippen LogP contribution in [0.1, 0.15) is 18.1 Å². The second kappa shape index (κ2) is 10.5. The molecule has 0 saturated carbocycles. The Kier molecular flexibility index (Phi) is 7.24. The Morgan fingerprint density at radius 2 is 1.76 bits per heavy atom. The lowest BCUT2D eigenvalue weighted by Crippen LogP contribution is -2.27. The lowest BCUT2D eigenvalue weighted by molar-refractivity contribution is -0.384. The predicted octanol–water partition coefficient (Wildman–Crippen LogP) is 5.98. The normalized spacial score (nSPS) is 14.5. The number of nitrogens with zero attached hydrogens (tertiary/aromatic N) is 2. The van der Waals surface area contributed by atoms with Crippen LogP contribution in [-0.4, -0.2) is 21.8 Å². The number of thioether (sulfide) groups is 1. The molecular weight excluding hydrogens is 472 g/mol. The summed E-state index contributed by atoms with van der Waals surface area (Å²) in [5, 5.41) is 10.8. The number of rotatable bonds is 8. The standard InChI is InChI=1S/C25H20N2O5S2/c1-2-31-22-14-18(10-13-21(22)32-16-17-8-11-20(12-9-17)27(29)30)15-23-24(28)26(25(33)34-23)19-6-4-3-5-7-19/h3-15H,2,16H2,1H3. The Bertz CT molecular complexity index is 1260. The summed E-state index contributed by atoms with van der Waals surface area (Å²) in [4.78, 5) is 25.4. The van der Waals surface area contributed by atoms with Crippen molar-refractivity contribution < 1.29 is 19.2 Å². The highest BCUT2D eigenvalue weighted by atomic mass is 32.2. The minimum absolute atomic E-state index is 0.0285. The Hall–Kier alpha value is -3.69. The summed E-state index contributed by atoms with van der Waals surface area (Å²) in [6.45, 7) is 2.54. The van der Waals surface area contributed by atoms with Gasteiger partial charge in [0.05, 0.1) is 22.1 Å². The number of carbonyl (C=O) groups is 1. The highest BCUT2D eigenvalue weighted by Crippen LogP contribution is 2.37. The van der Waals surface area contributed by atoms with Crippen molar-refractivity contribution >= 4 is 51.7 Å². The maximum absolute atomic E-state index is 13.0. The fourth-order valence-electron chi connectivity index (χ4n) is 3.30. The molecule has 0 unspecified atom stereocenters. The number of amides is 1. The van der Waals surface area contributed by atoms with Gasteiger partial charge in [0.25, 0.3) is 11.6 Å². The van der Waals surface area contributed by atoms with E-state index in [4.69, 9.17) is 21.7 Å². The van der Waals surface area contributed by atoms with Gasteiger partial charge in [-0.1, -0.05) is 48.2 Å². The van der Waals surface area contributed by atoms with Crippen molar-refractivity contribution in [2.24, 2.45) is 0 Å². The van der Waals surface area contributed by atoms with E-state index < -0.39 is 4.92 Å². The summed E-state index contributed by atoms with van der Waals surface area (Å²) in [6.07, 6.45) is 1.78. The minimum atomic E-state index is -0.440. The number of para-hydroxylation sites is 1. The van der Waals surface area contributed by atoms with E-state index in [0.29, 0.717) is 27.3 Å². The summed E-state index contributed by atoms with van der Waals surface area (Å²) in [7, 11) is 0. The average Bonchev–Trinajstić information content (AvgIpc) is 3.12.